The lowest BCUT2D eigenvalue weighted by atomic mass is 10.1. The summed E-state index contributed by atoms with van der Waals surface area (Å²) < 4.78 is 5.95. The Morgan fingerprint density at radius 3 is 2.40 bits per heavy atom. The van der Waals surface area contributed by atoms with E-state index in [4.69, 9.17) is 10.5 Å². The minimum Gasteiger partial charge on any atom is -0.497 e. The molecule has 4 nitrogen and oxygen atoms in total. The van der Waals surface area contributed by atoms with Crippen LogP contribution in [0.25, 0.3) is 0 Å². The van der Waals surface area contributed by atoms with Gasteiger partial charge in [-0.05, 0) is 42.5 Å². The van der Waals surface area contributed by atoms with Gasteiger partial charge in [0.1, 0.15) is 5.75 Å². The van der Waals surface area contributed by atoms with Gasteiger partial charge in [0.15, 0.2) is 0 Å². The number of carbonyl (C=O) groups excluding carboxylic acids is 1. The van der Waals surface area contributed by atoms with Crippen LogP contribution in [0.1, 0.15) is 10.4 Å². The van der Waals surface area contributed by atoms with Crippen molar-refractivity contribution >= 4 is 33.2 Å². The first-order valence-corrected chi connectivity index (χ1v) is 6.79. The molecular formula is C15H15BrN2O2. The van der Waals surface area contributed by atoms with Crippen molar-refractivity contribution in [1.82, 2.24) is 0 Å². The zero-order valence-corrected chi connectivity index (χ0v) is 12.8. The molecule has 2 aromatic rings. The fourth-order valence-corrected chi connectivity index (χ4v) is 2.25. The van der Waals surface area contributed by atoms with E-state index in [1.165, 1.54) is 4.90 Å². The van der Waals surface area contributed by atoms with Crippen molar-refractivity contribution in [3.05, 3.63) is 52.5 Å². The van der Waals surface area contributed by atoms with Gasteiger partial charge in [0, 0.05) is 17.1 Å². The first-order chi connectivity index (χ1) is 9.52. The topological polar surface area (TPSA) is 55.6 Å². The van der Waals surface area contributed by atoms with E-state index in [2.05, 4.69) is 15.9 Å². The second-order valence-corrected chi connectivity index (χ2v) is 5.21. The van der Waals surface area contributed by atoms with Gasteiger partial charge in [-0.15, -0.1) is 0 Å². The maximum atomic E-state index is 12.4. The van der Waals surface area contributed by atoms with Crippen molar-refractivity contribution in [3.63, 3.8) is 0 Å². The predicted octanol–water partition coefficient (Wildman–Crippen LogP) is 3.32. The van der Waals surface area contributed by atoms with Crippen molar-refractivity contribution in [1.29, 1.82) is 0 Å². The Kier molecular flexibility index (Phi) is 4.29. The number of methoxy groups -OCH3 is 1. The average Bonchev–Trinajstić information content (AvgIpc) is 2.46. The number of amides is 1. The molecule has 0 radical (unpaired) electrons. The van der Waals surface area contributed by atoms with Crippen molar-refractivity contribution < 1.29 is 9.53 Å². The fraction of sp³-hybridized carbons (Fsp3) is 0.133. The molecule has 0 saturated carbocycles. The number of benzene rings is 2. The smallest absolute Gasteiger partial charge is 0.258 e. The van der Waals surface area contributed by atoms with Gasteiger partial charge in [0.2, 0.25) is 0 Å². The Hall–Kier alpha value is -2.01. The number of nitrogen functional groups attached to an aromatic ring is 1. The van der Waals surface area contributed by atoms with Gasteiger partial charge in [0.05, 0.1) is 18.5 Å². The van der Waals surface area contributed by atoms with E-state index in [1.807, 2.05) is 6.07 Å². The first-order valence-electron chi connectivity index (χ1n) is 6.00. The molecule has 0 aliphatic heterocycles. The molecule has 0 atom stereocenters. The molecule has 0 fully saturated rings. The molecule has 0 aliphatic rings. The number of anilines is 2. The van der Waals surface area contributed by atoms with Crippen LogP contribution in [0.2, 0.25) is 0 Å². The monoisotopic (exact) mass is 334 g/mol. The van der Waals surface area contributed by atoms with Gasteiger partial charge in [0.25, 0.3) is 5.91 Å². The molecule has 2 aromatic carbocycles. The third-order valence-corrected chi connectivity index (χ3v) is 3.49. The molecule has 0 aromatic heterocycles. The molecular weight excluding hydrogens is 320 g/mol. The highest BCUT2D eigenvalue weighted by molar-refractivity contribution is 9.10. The van der Waals surface area contributed by atoms with E-state index in [9.17, 15) is 4.79 Å². The fourth-order valence-electron chi connectivity index (χ4n) is 1.87. The quantitative estimate of drug-likeness (QED) is 0.876. The molecule has 0 aliphatic carbocycles. The van der Waals surface area contributed by atoms with Gasteiger partial charge in [-0.2, -0.15) is 0 Å². The van der Waals surface area contributed by atoms with E-state index < -0.39 is 0 Å². The number of nitrogens with zero attached hydrogens (tertiary/aromatic N) is 1. The lowest BCUT2D eigenvalue weighted by Gasteiger charge is -2.19. The van der Waals surface area contributed by atoms with Crippen molar-refractivity contribution in [3.8, 4) is 5.75 Å². The molecule has 0 bridgehead atoms. The SMILES string of the molecule is COc1ccc(C(=O)N(C)c2ccc(Br)cc2N)cc1. The van der Waals surface area contributed by atoms with E-state index in [0.717, 1.165) is 4.47 Å². The second kappa shape index (κ2) is 5.96. The number of hydrogen-bond acceptors (Lipinski definition) is 3. The van der Waals surface area contributed by atoms with Crippen LogP contribution >= 0.6 is 15.9 Å². The minimum absolute atomic E-state index is 0.123. The molecule has 0 spiro atoms. The van der Waals surface area contributed by atoms with E-state index in [1.54, 1.807) is 50.6 Å². The summed E-state index contributed by atoms with van der Waals surface area (Å²) in [6.07, 6.45) is 0. The average molecular weight is 335 g/mol. The Labute approximate surface area is 126 Å². The third kappa shape index (κ3) is 2.93. The van der Waals surface area contributed by atoms with Crippen LogP contribution in [0.15, 0.2) is 46.9 Å². The van der Waals surface area contributed by atoms with Crippen LogP contribution in [-0.2, 0) is 0 Å². The number of nitrogens with two attached hydrogens (primary N) is 1. The Balaban J connectivity index is 2.27. The second-order valence-electron chi connectivity index (χ2n) is 4.30. The van der Waals surface area contributed by atoms with Crippen molar-refractivity contribution in [2.45, 2.75) is 0 Å². The lowest BCUT2D eigenvalue weighted by molar-refractivity contribution is 0.0993. The largest absolute Gasteiger partial charge is 0.497 e. The molecule has 20 heavy (non-hydrogen) atoms. The van der Waals surface area contributed by atoms with Crippen LogP contribution in [-0.4, -0.2) is 20.1 Å². The van der Waals surface area contributed by atoms with Crippen LogP contribution in [0.3, 0.4) is 0 Å². The van der Waals surface area contributed by atoms with Crippen LogP contribution in [0, 0.1) is 0 Å². The van der Waals surface area contributed by atoms with Crippen molar-refractivity contribution in [2.24, 2.45) is 0 Å². The maximum absolute atomic E-state index is 12.4. The summed E-state index contributed by atoms with van der Waals surface area (Å²) in [5, 5.41) is 0. The standard InChI is InChI=1S/C15H15BrN2O2/c1-18(14-8-5-11(16)9-13(14)17)15(19)10-3-6-12(20-2)7-4-10/h3-9H,17H2,1-2H3. The number of rotatable bonds is 3. The van der Waals surface area contributed by atoms with E-state index >= 15 is 0 Å². The highest BCUT2D eigenvalue weighted by Gasteiger charge is 2.15. The predicted molar refractivity (Wildman–Crippen MR) is 84.3 cm³/mol. The molecule has 104 valence electrons. The highest BCUT2D eigenvalue weighted by atomic mass is 79.9. The first kappa shape index (κ1) is 14.4. The summed E-state index contributed by atoms with van der Waals surface area (Å²) in [4.78, 5) is 13.9. The Morgan fingerprint density at radius 1 is 1.20 bits per heavy atom. The van der Waals surface area contributed by atoms with Crippen LogP contribution in [0.5, 0.6) is 5.75 Å². The zero-order valence-electron chi connectivity index (χ0n) is 11.3. The minimum atomic E-state index is -0.123. The van der Waals surface area contributed by atoms with Crippen LogP contribution in [0.4, 0.5) is 11.4 Å². The molecule has 0 unspecified atom stereocenters. The summed E-state index contributed by atoms with van der Waals surface area (Å²) in [6.45, 7) is 0. The molecule has 1 amide bonds. The summed E-state index contributed by atoms with van der Waals surface area (Å²) >= 11 is 3.35. The van der Waals surface area contributed by atoms with Gasteiger partial charge in [-0.25, -0.2) is 0 Å². The maximum Gasteiger partial charge on any atom is 0.258 e. The zero-order chi connectivity index (χ0) is 14.7. The molecule has 2 N–H and O–H groups in total. The van der Waals surface area contributed by atoms with Gasteiger partial charge in [-0.3, -0.25) is 4.79 Å². The third-order valence-electron chi connectivity index (χ3n) is 2.99. The highest BCUT2D eigenvalue weighted by Crippen LogP contribution is 2.27. The normalized spacial score (nSPS) is 10.2. The molecule has 0 heterocycles. The summed E-state index contributed by atoms with van der Waals surface area (Å²) in [5.41, 5.74) is 7.74. The van der Waals surface area contributed by atoms with Crippen LogP contribution < -0.4 is 15.4 Å². The van der Waals surface area contributed by atoms with E-state index in [0.29, 0.717) is 22.7 Å². The van der Waals surface area contributed by atoms with Crippen molar-refractivity contribution in [2.75, 3.05) is 24.8 Å². The number of carbonyl (C=O) groups is 1. The summed E-state index contributed by atoms with van der Waals surface area (Å²) in [5.74, 6) is 0.592. The summed E-state index contributed by atoms with van der Waals surface area (Å²) in [6, 6.07) is 12.4. The lowest BCUT2D eigenvalue weighted by Crippen LogP contribution is -2.26. The van der Waals surface area contributed by atoms with Gasteiger partial charge < -0.3 is 15.4 Å². The molecule has 0 saturated heterocycles. The number of halogens is 1. The Morgan fingerprint density at radius 2 is 1.85 bits per heavy atom. The number of hydrogen-bond donors (Lipinski definition) is 1. The molecule has 2 rings (SSSR count). The van der Waals surface area contributed by atoms with E-state index in [-0.39, 0.29) is 5.91 Å². The number of ether oxygens (including phenoxy) is 1. The summed E-state index contributed by atoms with van der Waals surface area (Å²) in [7, 11) is 3.29. The van der Waals surface area contributed by atoms with Gasteiger partial charge in [-0.1, -0.05) is 15.9 Å². The van der Waals surface area contributed by atoms with Gasteiger partial charge >= 0.3 is 0 Å². The Bertz CT molecular complexity index is 626. The molecule has 5 heteroatoms.